The molecule has 0 spiro atoms. The van der Waals surface area contributed by atoms with E-state index < -0.39 is 0 Å². The third-order valence-electron chi connectivity index (χ3n) is 2.18. The lowest BCUT2D eigenvalue weighted by molar-refractivity contribution is 0.649. The standard InChI is InChI=1S/C12H16BrN/c1-9(2)3-8-12(14)10-4-6-11(13)7-5-10/h4-7,12H,1,3,8,14H2,2H3. The molecular weight excluding hydrogens is 238 g/mol. The van der Waals surface area contributed by atoms with Gasteiger partial charge in [0.2, 0.25) is 0 Å². The number of allylic oxidation sites excluding steroid dienone is 1. The summed E-state index contributed by atoms with van der Waals surface area (Å²) in [5, 5.41) is 0. The Hall–Kier alpha value is -0.600. The molecule has 0 bridgehead atoms. The van der Waals surface area contributed by atoms with E-state index in [9.17, 15) is 0 Å². The zero-order chi connectivity index (χ0) is 10.6. The van der Waals surface area contributed by atoms with E-state index >= 15 is 0 Å². The quantitative estimate of drug-likeness (QED) is 0.812. The molecule has 2 N–H and O–H groups in total. The molecule has 2 heteroatoms. The SMILES string of the molecule is C=C(C)CCC(N)c1ccc(Br)cc1. The highest BCUT2D eigenvalue weighted by atomic mass is 79.9. The Balaban J connectivity index is 2.56. The third kappa shape index (κ3) is 3.64. The van der Waals surface area contributed by atoms with Gasteiger partial charge in [-0.25, -0.2) is 0 Å². The molecule has 0 fully saturated rings. The Kier molecular flexibility index (Phi) is 4.36. The predicted molar refractivity (Wildman–Crippen MR) is 65.1 cm³/mol. The smallest absolute Gasteiger partial charge is 0.0297 e. The molecule has 1 atom stereocenters. The van der Waals surface area contributed by atoms with E-state index in [1.807, 2.05) is 19.1 Å². The van der Waals surface area contributed by atoms with Gasteiger partial charge in [0, 0.05) is 10.5 Å². The Morgan fingerprint density at radius 3 is 2.50 bits per heavy atom. The van der Waals surface area contributed by atoms with Crippen LogP contribution in [-0.4, -0.2) is 0 Å². The molecule has 0 aromatic heterocycles. The van der Waals surface area contributed by atoms with E-state index in [0.717, 1.165) is 17.3 Å². The number of halogens is 1. The van der Waals surface area contributed by atoms with Crippen molar-refractivity contribution in [1.29, 1.82) is 0 Å². The van der Waals surface area contributed by atoms with Crippen LogP contribution in [0, 0.1) is 0 Å². The molecule has 0 saturated carbocycles. The van der Waals surface area contributed by atoms with Gasteiger partial charge in [0.05, 0.1) is 0 Å². The van der Waals surface area contributed by atoms with Gasteiger partial charge in [-0.15, -0.1) is 6.58 Å². The average Bonchev–Trinajstić information content (AvgIpc) is 2.15. The fourth-order valence-electron chi connectivity index (χ4n) is 1.28. The van der Waals surface area contributed by atoms with Crippen LogP contribution in [-0.2, 0) is 0 Å². The number of hydrogen-bond acceptors (Lipinski definition) is 1. The maximum absolute atomic E-state index is 6.04. The minimum atomic E-state index is 0.125. The second-order valence-corrected chi connectivity index (χ2v) is 4.57. The third-order valence-corrected chi connectivity index (χ3v) is 2.71. The zero-order valence-corrected chi connectivity index (χ0v) is 10.0. The first-order valence-electron chi connectivity index (χ1n) is 4.75. The molecule has 76 valence electrons. The summed E-state index contributed by atoms with van der Waals surface area (Å²) in [6.07, 6.45) is 1.97. The largest absolute Gasteiger partial charge is 0.324 e. The number of benzene rings is 1. The molecule has 1 aromatic rings. The van der Waals surface area contributed by atoms with Crippen molar-refractivity contribution in [2.45, 2.75) is 25.8 Å². The number of nitrogens with two attached hydrogens (primary N) is 1. The molecule has 1 unspecified atom stereocenters. The van der Waals surface area contributed by atoms with Gasteiger partial charge in [-0.2, -0.15) is 0 Å². The first-order valence-corrected chi connectivity index (χ1v) is 5.54. The van der Waals surface area contributed by atoms with Crippen LogP contribution in [0.2, 0.25) is 0 Å². The summed E-state index contributed by atoms with van der Waals surface area (Å²) in [6.45, 7) is 5.91. The molecule has 0 radical (unpaired) electrons. The maximum Gasteiger partial charge on any atom is 0.0297 e. The molecule has 14 heavy (non-hydrogen) atoms. The normalized spacial score (nSPS) is 12.5. The lowest BCUT2D eigenvalue weighted by Gasteiger charge is -2.11. The Bertz CT molecular complexity index is 303. The van der Waals surface area contributed by atoms with Crippen molar-refractivity contribution < 1.29 is 0 Å². The van der Waals surface area contributed by atoms with Crippen LogP contribution in [0.1, 0.15) is 31.4 Å². The molecule has 0 amide bonds. The summed E-state index contributed by atoms with van der Waals surface area (Å²) in [5.74, 6) is 0. The Morgan fingerprint density at radius 2 is 2.00 bits per heavy atom. The van der Waals surface area contributed by atoms with Crippen LogP contribution < -0.4 is 5.73 Å². The monoisotopic (exact) mass is 253 g/mol. The topological polar surface area (TPSA) is 26.0 Å². The second kappa shape index (κ2) is 5.32. The Morgan fingerprint density at radius 1 is 1.43 bits per heavy atom. The highest BCUT2D eigenvalue weighted by Crippen LogP contribution is 2.19. The molecule has 1 aromatic carbocycles. The summed E-state index contributed by atoms with van der Waals surface area (Å²) >= 11 is 3.40. The van der Waals surface area contributed by atoms with E-state index in [0.29, 0.717) is 0 Å². The van der Waals surface area contributed by atoms with Crippen LogP contribution in [0.25, 0.3) is 0 Å². The van der Waals surface area contributed by atoms with Gasteiger partial charge in [-0.1, -0.05) is 33.6 Å². The van der Waals surface area contributed by atoms with E-state index in [1.54, 1.807) is 0 Å². The average molecular weight is 254 g/mol. The maximum atomic E-state index is 6.04. The van der Waals surface area contributed by atoms with Crippen molar-refractivity contribution in [3.8, 4) is 0 Å². The number of hydrogen-bond donors (Lipinski definition) is 1. The Labute approximate surface area is 94.1 Å². The fraction of sp³-hybridized carbons (Fsp3) is 0.333. The lowest BCUT2D eigenvalue weighted by Crippen LogP contribution is -2.09. The van der Waals surface area contributed by atoms with Gasteiger partial charge in [0.25, 0.3) is 0 Å². The predicted octanol–water partition coefficient (Wildman–Crippen LogP) is 3.81. The second-order valence-electron chi connectivity index (χ2n) is 3.65. The minimum Gasteiger partial charge on any atom is -0.324 e. The van der Waals surface area contributed by atoms with Crippen LogP contribution in [0.4, 0.5) is 0 Å². The molecule has 0 saturated heterocycles. The highest BCUT2D eigenvalue weighted by Gasteiger charge is 2.04. The van der Waals surface area contributed by atoms with Crippen molar-refractivity contribution in [3.05, 3.63) is 46.5 Å². The summed E-state index contributed by atoms with van der Waals surface area (Å²) in [4.78, 5) is 0. The van der Waals surface area contributed by atoms with Crippen molar-refractivity contribution in [3.63, 3.8) is 0 Å². The van der Waals surface area contributed by atoms with Gasteiger partial charge in [0.1, 0.15) is 0 Å². The fourth-order valence-corrected chi connectivity index (χ4v) is 1.54. The minimum absolute atomic E-state index is 0.125. The summed E-state index contributed by atoms with van der Waals surface area (Å²) in [5.41, 5.74) is 8.42. The molecule has 0 aliphatic carbocycles. The van der Waals surface area contributed by atoms with Crippen molar-refractivity contribution >= 4 is 15.9 Å². The molecule has 0 aliphatic rings. The van der Waals surface area contributed by atoms with Crippen molar-refractivity contribution in [2.24, 2.45) is 5.73 Å². The van der Waals surface area contributed by atoms with Gasteiger partial charge < -0.3 is 5.73 Å². The van der Waals surface area contributed by atoms with E-state index in [1.165, 1.54) is 11.1 Å². The van der Waals surface area contributed by atoms with Crippen LogP contribution >= 0.6 is 15.9 Å². The zero-order valence-electron chi connectivity index (χ0n) is 8.46. The van der Waals surface area contributed by atoms with E-state index in [2.05, 4.69) is 34.6 Å². The van der Waals surface area contributed by atoms with Gasteiger partial charge in [-0.05, 0) is 37.5 Å². The molecule has 0 heterocycles. The first kappa shape index (κ1) is 11.5. The summed E-state index contributed by atoms with van der Waals surface area (Å²) < 4.78 is 1.09. The summed E-state index contributed by atoms with van der Waals surface area (Å²) in [7, 11) is 0. The molecule has 1 nitrogen and oxygen atoms in total. The summed E-state index contributed by atoms with van der Waals surface area (Å²) in [6, 6.07) is 8.30. The van der Waals surface area contributed by atoms with Crippen LogP contribution in [0.5, 0.6) is 0 Å². The van der Waals surface area contributed by atoms with Crippen LogP contribution in [0.15, 0.2) is 40.9 Å². The van der Waals surface area contributed by atoms with Gasteiger partial charge in [-0.3, -0.25) is 0 Å². The molecule has 0 aliphatic heterocycles. The lowest BCUT2D eigenvalue weighted by atomic mass is 10.0. The van der Waals surface area contributed by atoms with Crippen molar-refractivity contribution in [2.75, 3.05) is 0 Å². The molecular formula is C12H16BrN. The van der Waals surface area contributed by atoms with Crippen molar-refractivity contribution in [1.82, 2.24) is 0 Å². The highest BCUT2D eigenvalue weighted by molar-refractivity contribution is 9.10. The van der Waals surface area contributed by atoms with E-state index in [-0.39, 0.29) is 6.04 Å². The first-order chi connectivity index (χ1) is 6.59. The van der Waals surface area contributed by atoms with Crippen LogP contribution in [0.3, 0.4) is 0 Å². The molecule has 1 rings (SSSR count). The van der Waals surface area contributed by atoms with Gasteiger partial charge >= 0.3 is 0 Å². The van der Waals surface area contributed by atoms with E-state index in [4.69, 9.17) is 5.73 Å². The number of rotatable bonds is 4. The van der Waals surface area contributed by atoms with Gasteiger partial charge in [0.15, 0.2) is 0 Å².